The molecule has 3 heteroatoms. The lowest BCUT2D eigenvalue weighted by Gasteiger charge is -2.38. The van der Waals surface area contributed by atoms with Gasteiger partial charge in [-0.15, -0.1) is 0 Å². The number of pyridine rings is 1. The number of hydrogen-bond acceptors (Lipinski definition) is 2. The molecule has 1 aromatic heterocycles. The first-order valence-electron chi connectivity index (χ1n) is 9.02. The van der Waals surface area contributed by atoms with Crippen LogP contribution < -0.4 is 0 Å². The summed E-state index contributed by atoms with van der Waals surface area (Å²) in [6, 6.07) is 14.8. The molecular weight excluding hydrogens is 311 g/mol. The molecule has 6 rings (SSSR count). The standard InChI is InChI=1S/C22H19FN2/c23-17-11-5-14(6-12-17)13-24-22-18-3-1-2-4-19(18)25-21-16-9-7-15(8-10-16)20(21)22/h1-6,11-13,15-16H,7-10H2. The van der Waals surface area contributed by atoms with Crippen molar-refractivity contribution in [3.63, 3.8) is 0 Å². The summed E-state index contributed by atoms with van der Waals surface area (Å²) in [7, 11) is 0. The summed E-state index contributed by atoms with van der Waals surface area (Å²) in [6.07, 6.45) is 6.85. The molecule has 0 spiro atoms. The van der Waals surface area contributed by atoms with Gasteiger partial charge in [-0.1, -0.05) is 30.3 Å². The number of fused-ring (bicyclic) bond motifs is 3. The van der Waals surface area contributed by atoms with Gasteiger partial charge in [0, 0.05) is 28.8 Å². The molecule has 1 heterocycles. The molecule has 2 bridgehead atoms. The van der Waals surface area contributed by atoms with E-state index in [4.69, 9.17) is 9.98 Å². The number of nitrogens with zero attached hydrogens (tertiary/aromatic N) is 2. The Labute approximate surface area is 146 Å². The highest BCUT2D eigenvalue weighted by Gasteiger charge is 2.36. The van der Waals surface area contributed by atoms with Crippen LogP contribution in [0.5, 0.6) is 0 Å². The van der Waals surface area contributed by atoms with Gasteiger partial charge in [-0.05, 0) is 55.4 Å². The fourth-order valence-electron chi connectivity index (χ4n) is 4.42. The summed E-state index contributed by atoms with van der Waals surface area (Å²) in [5.74, 6) is 0.947. The van der Waals surface area contributed by atoms with Crippen molar-refractivity contribution in [3.8, 4) is 0 Å². The summed E-state index contributed by atoms with van der Waals surface area (Å²) in [5.41, 5.74) is 5.64. The van der Waals surface area contributed by atoms with Crippen LogP contribution in [0, 0.1) is 5.82 Å². The summed E-state index contributed by atoms with van der Waals surface area (Å²) < 4.78 is 13.1. The average molecular weight is 330 g/mol. The third-order valence-corrected chi connectivity index (χ3v) is 5.67. The van der Waals surface area contributed by atoms with Crippen molar-refractivity contribution in [2.45, 2.75) is 37.5 Å². The van der Waals surface area contributed by atoms with Crippen LogP contribution in [0.1, 0.15) is 54.3 Å². The summed E-state index contributed by atoms with van der Waals surface area (Å²) in [6.45, 7) is 0. The molecule has 0 aliphatic heterocycles. The molecule has 2 aromatic carbocycles. The Balaban J connectivity index is 1.70. The fraction of sp³-hybridized carbons (Fsp3) is 0.273. The Morgan fingerprint density at radius 1 is 0.920 bits per heavy atom. The Morgan fingerprint density at radius 3 is 2.44 bits per heavy atom. The molecule has 0 N–H and O–H groups in total. The lowest BCUT2D eigenvalue weighted by Crippen LogP contribution is -2.23. The predicted octanol–water partition coefficient (Wildman–Crippen LogP) is 5.88. The monoisotopic (exact) mass is 330 g/mol. The van der Waals surface area contributed by atoms with Gasteiger partial charge in [0.1, 0.15) is 5.82 Å². The number of benzene rings is 2. The minimum atomic E-state index is -0.221. The SMILES string of the molecule is Fc1ccc(C=Nc2c3c(nc4ccccc24)C2CCC3CC2)cc1. The fourth-order valence-corrected chi connectivity index (χ4v) is 4.42. The third kappa shape index (κ3) is 2.46. The number of para-hydroxylation sites is 1. The van der Waals surface area contributed by atoms with E-state index in [1.165, 1.54) is 49.1 Å². The first-order valence-corrected chi connectivity index (χ1v) is 9.02. The van der Waals surface area contributed by atoms with Crippen LogP contribution in [0.15, 0.2) is 53.5 Å². The van der Waals surface area contributed by atoms with E-state index in [0.29, 0.717) is 11.8 Å². The van der Waals surface area contributed by atoms with Gasteiger partial charge in [-0.2, -0.15) is 0 Å². The zero-order chi connectivity index (χ0) is 16.8. The highest BCUT2D eigenvalue weighted by Crippen LogP contribution is 2.53. The van der Waals surface area contributed by atoms with Crippen LogP contribution in [-0.4, -0.2) is 11.2 Å². The summed E-state index contributed by atoms with van der Waals surface area (Å²) in [5, 5.41) is 1.12. The number of aromatic nitrogens is 1. The molecule has 0 amide bonds. The van der Waals surface area contributed by atoms with Crippen LogP contribution in [0.4, 0.5) is 10.1 Å². The van der Waals surface area contributed by atoms with E-state index >= 15 is 0 Å². The summed E-state index contributed by atoms with van der Waals surface area (Å²) >= 11 is 0. The van der Waals surface area contributed by atoms with Crippen molar-refractivity contribution in [3.05, 3.63) is 71.2 Å². The minimum Gasteiger partial charge on any atom is -0.255 e. The van der Waals surface area contributed by atoms with Gasteiger partial charge in [0.2, 0.25) is 0 Å². The number of hydrogen-bond donors (Lipinski definition) is 0. The van der Waals surface area contributed by atoms with Gasteiger partial charge < -0.3 is 0 Å². The Morgan fingerprint density at radius 2 is 1.64 bits per heavy atom. The van der Waals surface area contributed by atoms with E-state index in [-0.39, 0.29) is 5.82 Å². The van der Waals surface area contributed by atoms with Crippen molar-refractivity contribution < 1.29 is 4.39 Å². The van der Waals surface area contributed by atoms with Crippen LogP contribution in [0.25, 0.3) is 10.9 Å². The number of aliphatic imine (C=N–C) groups is 1. The van der Waals surface area contributed by atoms with Gasteiger partial charge in [-0.25, -0.2) is 4.39 Å². The third-order valence-electron chi connectivity index (χ3n) is 5.67. The molecule has 3 aliphatic carbocycles. The quantitative estimate of drug-likeness (QED) is 0.539. The van der Waals surface area contributed by atoms with Crippen molar-refractivity contribution in [2.75, 3.05) is 0 Å². The van der Waals surface area contributed by atoms with Gasteiger partial charge >= 0.3 is 0 Å². The molecular formula is C22H19FN2. The molecule has 0 saturated heterocycles. The first-order chi connectivity index (χ1) is 12.3. The molecule has 0 radical (unpaired) electrons. The van der Waals surface area contributed by atoms with Crippen LogP contribution in [0.2, 0.25) is 0 Å². The lowest BCUT2D eigenvalue weighted by molar-refractivity contribution is 0.352. The molecule has 0 unspecified atom stereocenters. The molecule has 0 atom stereocenters. The second-order valence-corrected chi connectivity index (χ2v) is 7.13. The minimum absolute atomic E-state index is 0.221. The van der Waals surface area contributed by atoms with Gasteiger partial charge in [0.25, 0.3) is 0 Å². The normalized spacial score (nSPS) is 21.8. The second-order valence-electron chi connectivity index (χ2n) is 7.13. The van der Waals surface area contributed by atoms with Crippen molar-refractivity contribution in [1.82, 2.24) is 4.98 Å². The molecule has 2 nitrogen and oxygen atoms in total. The van der Waals surface area contributed by atoms with Crippen LogP contribution >= 0.6 is 0 Å². The molecule has 1 saturated carbocycles. The maximum Gasteiger partial charge on any atom is 0.123 e. The molecule has 3 aliphatic rings. The van der Waals surface area contributed by atoms with Crippen LogP contribution in [0.3, 0.4) is 0 Å². The van der Waals surface area contributed by atoms with Crippen molar-refractivity contribution in [1.29, 1.82) is 0 Å². The number of halogens is 1. The highest BCUT2D eigenvalue weighted by molar-refractivity contribution is 5.95. The lowest BCUT2D eigenvalue weighted by atomic mass is 9.68. The van der Waals surface area contributed by atoms with Crippen LogP contribution in [-0.2, 0) is 0 Å². The summed E-state index contributed by atoms with van der Waals surface area (Å²) in [4.78, 5) is 9.88. The smallest absolute Gasteiger partial charge is 0.123 e. The maximum absolute atomic E-state index is 13.1. The van der Waals surface area contributed by atoms with Crippen molar-refractivity contribution >= 4 is 22.8 Å². The Kier molecular flexibility index (Phi) is 3.40. The predicted molar refractivity (Wildman–Crippen MR) is 99.3 cm³/mol. The van der Waals surface area contributed by atoms with E-state index in [0.717, 1.165) is 22.2 Å². The van der Waals surface area contributed by atoms with E-state index < -0.39 is 0 Å². The van der Waals surface area contributed by atoms with Gasteiger partial charge in [0.15, 0.2) is 0 Å². The topological polar surface area (TPSA) is 25.2 Å². The molecule has 3 aromatic rings. The molecule has 25 heavy (non-hydrogen) atoms. The highest BCUT2D eigenvalue weighted by atomic mass is 19.1. The van der Waals surface area contributed by atoms with E-state index in [2.05, 4.69) is 18.2 Å². The first kappa shape index (κ1) is 14.8. The second kappa shape index (κ2) is 5.76. The van der Waals surface area contributed by atoms with E-state index in [9.17, 15) is 4.39 Å². The Hall–Kier alpha value is -2.55. The van der Waals surface area contributed by atoms with E-state index in [1.807, 2.05) is 12.3 Å². The Bertz CT molecular complexity index is 967. The number of rotatable bonds is 2. The zero-order valence-electron chi connectivity index (χ0n) is 14.0. The van der Waals surface area contributed by atoms with Crippen molar-refractivity contribution in [2.24, 2.45) is 4.99 Å². The maximum atomic E-state index is 13.1. The largest absolute Gasteiger partial charge is 0.255 e. The molecule has 1 fully saturated rings. The molecule has 124 valence electrons. The average Bonchev–Trinajstić information content (AvgIpc) is 2.67. The van der Waals surface area contributed by atoms with E-state index in [1.54, 1.807) is 12.1 Å². The van der Waals surface area contributed by atoms with Gasteiger partial charge in [-0.3, -0.25) is 9.98 Å². The zero-order valence-corrected chi connectivity index (χ0v) is 14.0. The van der Waals surface area contributed by atoms with Gasteiger partial charge in [0.05, 0.1) is 11.2 Å².